The lowest BCUT2D eigenvalue weighted by Crippen LogP contribution is -2.10. The molecule has 0 fully saturated rings. The molecule has 0 atom stereocenters. The van der Waals surface area contributed by atoms with Gasteiger partial charge in [-0.3, -0.25) is 10.1 Å². The van der Waals surface area contributed by atoms with Crippen molar-refractivity contribution in [3.05, 3.63) is 26.8 Å². The number of phenols is 2. The molecule has 1 aromatic carbocycles. The molecule has 0 spiro atoms. The minimum Gasteiger partial charge on any atom is -0.504 e. The molecule has 0 aliphatic rings. The molecule has 0 aromatic heterocycles. The van der Waals surface area contributed by atoms with Crippen molar-refractivity contribution in [2.24, 2.45) is 0 Å². The summed E-state index contributed by atoms with van der Waals surface area (Å²) in [5.74, 6) is -3.08. The number of unbranched alkanes of at least 4 members (excludes halogenated alkanes) is 4. The molecular formula is C17H25NO6. The summed E-state index contributed by atoms with van der Waals surface area (Å²) in [5, 5.41) is 41.0. The summed E-state index contributed by atoms with van der Waals surface area (Å²) < 4.78 is 0. The first-order chi connectivity index (χ1) is 11.4. The largest absolute Gasteiger partial charge is 0.504 e. The van der Waals surface area contributed by atoms with Crippen LogP contribution in [-0.4, -0.2) is 26.2 Å². The monoisotopic (exact) mass is 339 g/mol. The third-order valence-electron chi connectivity index (χ3n) is 4.09. The minimum absolute atomic E-state index is 0.234. The zero-order chi connectivity index (χ0) is 18.3. The van der Waals surface area contributed by atoms with Gasteiger partial charge in [0, 0.05) is 11.1 Å². The first kappa shape index (κ1) is 19.7. The van der Waals surface area contributed by atoms with E-state index in [9.17, 15) is 30.2 Å². The highest BCUT2D eigenvalue weighted by molar-refractivity contribution is 5.98. The van der Waals surface area contributed by atoms with Gasteiger partial charge in [0.05, 0.1) is 4.92 Å². The third kappa shape index (κ3) is 4.37. The van der Waals surface area contributed by atoms with E-state index in [1.54, 1.807) is 0 Å². The van der Waals surface area contributed by atoms with Gasteiger partial charge in [-0.1, -0.05) is 39.5 Å². The van der Waals surface area contributed by atoms with Crippen LogP contribution in [0.25, 0.3) is 0 Å². The van der Waals surface area contributed by atoms with Crippen LogP contribution < -0.4 is 0 Å². The number of benzene rings is 1. The number of carboxylic acids is 1. The normalized spacial score (nSPS) is 10.8. The highest BCUT2D eigenvalue weighted by atomic mass is 16.6. The van der Waals surface area contributed by atoms with Crippen molar-refractivity contribution in [2.45, 2.75) is 65.2 Å². The lowest BCUT2D eigenvalue weighted by Gasteiger charge is -2.15. The van der Waals surface area contributed by atoms with Crippen LogP contribution in [0.15, 0.2) is 0 Å². The number of nitrogens with zero attached hydrogens (tertiary/aromatic N) is 1. The van der Waals surface area contributed by atoms with Crippen LogP contribution in [0.3, 0.4) is 0 Å². The topological polar surface area (TPSA) is 121 Å². The molecule has 134 valence electrons. The molecule has 0 amide bonds. The van der Waals surface area contributed by atoms with Gasteiger partial charge in [0.1, 0.15) is 0 Å². The first-order valence-corrected chi connectivity index (χ1v) is 8.34. The zero-order valence-electron chi connectivity index (χ0n) is 14.2. The first-order valence-electron chi connectivity index (χ1n) is 8.34. The number of nitro groups is 1. The molecule has 0 aliphatic heterocycles. The standard InChI is InChI=1S/C17H25NO6/c1-3-5-7-9-11-12(10-8-6-4-2)15(19)16(20)13(17(21)22)14(11)18(23)24/h19-20H,3-10H2,1-2H3,(H,21,22). The van der Waals surface area contributed by atoms with Crippen molar-refractivity contribution in [1.29, 1.82) is 0 Å². The average molecular weight is 339 g/mol. The van der Waals surface area contributed by atoms with Gasteiger partial charge < -0.3 is 15.3 Å². The summed E-state index contributed by atoms with van der Waals surface area (Å²) >= 11 is 0. The number of carboxylic acid groups (broad SMARTS) is 1. The van der Waals surface area contributed by atoms with Crippen LogP contribution >= 0.6 is 0 Å². The van der Waals surface area contributed by atoms with Gasteiger partial charge in [0.25, 0.3) is 5.69 Å². The Morgan fingerprint density at radius 1 is 0.958 bits per heavy atom. The zero-order valence-corrected chi connectivity index (χ0v) is 14.2. The molecule has 0 aliphatic carbocycles. The smallest absolute Gasteiger partial charge is 0.346 e. The van der Waals surface area contributed by atoms with E-state index in [2.05, 4.69) is 0 Å². The van der Waals surface area contributed by atoms with Crippen LogP contribution in [0.1, 0.15) is 73.9 Å². The molecule has 0 radical (unpaired) electrons. The Morgan fingerprint density at radius 3 is 1.88 bits per heavy atom. The van der Waals surface area contributed by atoms with E-state index in [0.717, 1.165) is 25.7 Å². The number of aromatic carboxylic acids is 1. The highest BCUT2D eigenvalue weighted by Crippen LogP contribution is 2.44. The predicted molar refractivity (Wildman–Crippen MR) is 89.8 cm³/mol. The second kappa shape index (κ2) is 9.10. The Bertz CT molecular complexity index is 612. The molecule has 7 heteroatoms. The number of phenolic OH excluding ortho intramolecular Hbond substituents is 1. The molecule has 1 rings (SSSR count). The van der Waals surface area contributed by atoms with Crippen LogP contribution in [0.4, 0.5) is 5.69 Å². The number of nitro benzene ring substituents is 1. The van der Waals surface area contributed by atoms with Gasteiger partial charge in [-0.2, -0.15) is 0 Å². The maximum atomic E-state index is 11.5. The number of hydrogen-bond acceptors (Lipinski definition) is 5. The molecule has 0 heterocycles. The fourth-order valence-electron chi connectivity index (χ4n) is 2.86. The fourth-order valence-corrected chi connectivity index (χ4v) is 2.86. The summed E-state index contributed by atoms with van der Waals surface area (Å²) in [4.78, 5) is 22.1. The van der Waals surface area contributed by atoms with Crippen LogP contribution in [0, 0.1) is 10.1 Å². The Balaban J connectivity index is 3.53. The quantitative estimate of drug-likeness (QED) is 0.254. The molecule has 0 bridgehead atoms. The van der Waals surface area contributed by atoms with Gasteiger partial charge >= 0.3 is 5.97 Å². The van der Waals surface area contributed by atoms with E-state index in [-0.39, 0.29) is 5.56 Å². The van der Waals surface area contributed by atoms with Crippen molar-refractivity contribution < 1.29 is 25.0 Å². The molecule has 1 aromatic rings. The maximum absolute atomic E-state index is 11.5. The van der Waals surface area contributed by atoms with Gasteiger partial charge in [-0.25, -0.2) is 4.79 Å². The van der Waals surface area contributed by atoms with Crippen molar-refractivity contribution in [3.63, 3.8) is 0 Å². The van der Waals surface area contributed by atoms with E-state index in [1.165, 1.54) is 0 Å². The van der Waals surface area contributed by atoms with Gasteiger partial charge in [0.15, 0.2) is 17.1 Å². The van der Waals surface area contributed by atoms with E-state index >= 15 is 0 Å². The molecule has 3 N–H and O–H groups in total. The summed E-state index contributed by atoms with van der Waals surface area (Å²) in [6.07, 6.45) is 5.60. The minimum atomic E-state index is -1.62. The highest BCUT2D eigenvalue weighted by Gasteiger charge is 2.34. The molecule has 24 heavy (non-hydrogen) atoms. The molecular weight excluding hydrogens is 314 g/mol. The Kier molecular flexibility index (Phi) is 7.48. The SMILES string of the molecule is CCCCCc1c(O)c(O)c(C(=O)O)c([N+](=O)[O-])c1CCCCC. The van der Waals surface area contributed by atoms with Crippen LogP contribution in [-0.2, 0) is 12.8 Å². The van der Waals surface area contributed by atoms with Crippen LogP contribution in [0.2, 0.25) is 0 Å². The summed E-state index contributed by atoms with van der Waals surface area (Å²) in [7, 11) is 0. The molecule has 0 unspecified atom stereocenters. The number of rotatable bonds is 10. The van der Waals surface area contributed by atoms with Gasteiger partial charge in [0.2, 0.25) is 0 Å². The summed E-state index contributed by atoms with van der Waals surface area (Å²) in [6.45, 7) is 4.00. The van der Waals surface area contributed by atoms with Crippen molar-refractivity contribution in [1.82, 2.24) is 0 Å². The number of aromatic hydroxyl groups is 2. The average Bonchev–Trinajstić information content (AvgIpc) is 2.52. The fraction of sp³-hybridized carbons (Fsp3) is 0.588. The van der Waals surface area contributed by atoms with E-state index in [4.69, 9.17) is 0 Å². The van der Waals surface area contributed by atoms with E-state index in [1.807, 2.05) is 13.8 Å². The lowest BCUT2D eigenvalue weighted by molar-refractivity contribution is -0.386. The van der Waals surface area contributed by atoms with E-state index in [0.29, 0.717) is 31.2 Å². The predicted octanol–water partition coefficient (Wildman–Crippen LogP) is 4.17. The maximum Gasteiger partial charge on any atom is 0.346 e. The summed E-state index contributed by atoms with van der Waals surface area (Å²) in [6, 6.07) is 0. The molecule has 0 saturated carbocycles. The van der Waals surface area contributed by atoms with Crippen molar-refractivity contribution >= 4 is 11.7 Å². The van der Waals surface area contributed by atoms with Crippen molar-refractivity contribution in [3.8, 4) is 11.5 Å². The second-order valence-electron chi connectivity index (χ2n) is 5.85. The van der Waals surface area contributed by atoms with Gasteiger partial charge in [-0.15, -0.1) is 0 Å². The molecule has 0 saturated heterocycles. The van der Waals surface area contributed by atoms with Gasteiger partial charge in [-0.05, 0) is 25.7 Å². The molecule has 7 nitrogen and oxygen atoms in total. The van der Waals surface area contributed by atoms with Crippen molar-refractivity contribution in [2.75, 3.05) is 0 Å². The Morgan fingerprint density at radius 2 is 1.46 bits per heavy atom. The Hall–Kier alpha value is -2.31. The number of hydrogen-bond donors (Lipinski definition) is 3. The van der Waals surface area contributed by atoms with Crippen LogP contribution in [0.5, 0.6) is 11.5 Å². The second-order valence-corrected chi connectivity index (χ2v) is 5.85. The third-order valence-corrected chi connectivity index (χ3v) is 4.09. The Labute approximate surface area is 141 Å². The van der Waals surface area contributed by atoms with E-state index < -0.39 is 33.6 Å². The lowest BCUT2D eigenvalue weighted by atomic mass is 9.91. The summed E-state index contributed by atoms with van der Waals surface area (Å²) in [5.41, 5.74) is -0.894. The number of carbonyl (C=O) groups is 1.